The highest BCUT2D eigenvalue weighted by molar-refractivity contribution is 7.12. The summed E-state index contributed by atoms with van der Waals surface area (Å²) in [6.07, 6.45) is 3.31. The number of benzene rings is 1. The molecule has 4 nitrogen and oxygen atoms in total. The summed E-state index contributed by atoms with van der Waals surface area (Å²) in [5, 5.41) is 6.07. The summed E-state index contributed by atoms with van der Waals surface area (Å²) in [5.74, 6) is 0.534. The van der Waals surface area contributed by atoms with Crippen molar-refractivity contribution >= 4 is 17.1 Å². The van der Waals surface area contributed by atoms with Crippen LogP contribution in [0.5, 0.6) is 5.75 Å². The van der Waals surface area contributed by atoms with Crippen molar-refractivity contribution in [3.05, 3.63) is 64.6 Å². The second-order valence-electron chi connectivity index (χ2n) is 4.16. The zero-order valence-electron chi connectivity index (χ0n) is 10.8. The quantitative estimate of drug-likeness (QED) is 0.691. The fourth-order valence-electron chi connectivity index (χ4n) is 1.92. The van der Waals surface area contributed by atoms with E-state index in [-0.39, 0.29) is 5.78 Å². The van der Waals surface area contributed by atoms with E-state index in [0.29, 0.717) is 16.2 Å². The van der Waals surface area contributed by atoms with Gasteiger partial charge in [0.2, 0.25) is 5.78 Å². The lowest BCUT2D eigenvalue weighted by Gasteiger charge is -2.00. The van der Waals surface area contributed by atoms with Gasteiger partial charge < -0.3 is 4.74 Å². The third-order valence-corrected chi connectivity index (χ3v) is 3.82. The lowest BCUT2D eigenvalue weighted by Crippen LogP contribution is -1.99. The van der Waals surface area contributed by atoms with Gasteiger partial charge in [-0.25, -0.2) is 4.68 Å². The van der Waals surface area contributed by atoms with Gasteiger partial charge in [0, 0.05) is 6.20 Å². The molecule has 0 unspecified atom stereocenters. The predicted octanol–water partition coefficient (Wildman–Crippen LogP) is 3.17. The van der Waals surface area contributed by atoms with E-state index in [9.17, 15) is 4.79 Å². The Morgan fingerprint density at radius 3 is 2.80 bits per heavy atom. The number of carbonyl (C=O) groups excluding carboxylic acids is 1. The third kappa shape index (κ3) is 2.23. The van der Waals surface area contributed by atoms with Crippen LogP contribution in [0.15, 0.2) is 54.2 Å². The standard InChI is InChI=1S/C15H12N2O2S/c1-19-13-7-8-20-15(13)14(18)11-9-16-17(10-11)12-5-3-2-4-6-12/h2-10H,1H3. The lowest BCUT2D eigenvalue weighted by atomic mass is 10.2. The summed E-state index contributed by atoms with van der Waals surface area (Å²) < 4.78 is 6.87. The van der Waals surface area contributed by atoms with Crippen LogP contribution in [0.2, 0.25) is 0 Å². The highest BCUT2D eigenvalue weighted by atomic mass is 32.1. The van der Waals surface area contributed by atoms with Crippen molar-refractivity contribution in [2.24, 2.45) is 0 Å². The molecule has 100 valence electrons. The van der Waals surface area contributed by atoms with Crippen molar-refractivity contribution in [3.8, 4) is 11.4 Å². The first-order valence-electron chi connectivity index (χ1n) is 6.06. The second-order valence-corrected chi connectivity index (χ2v) is 5.07. The number of thiophene rings is 1. The highest BCUT2D eigenvalue weighted by Gasteiger charge is 2.17. The van der Waals surface area contributed by atoms with Gasteiger partial charge in [0.05, 0.1) is 24.6 Å². The van der Waals surface area contributed by atoms with Crippen molar-refractivity contribution in [2.75, 3.05) is 7.11 Å². The number of para-hydroxylation sites is 1. The molecule has 0 aliphatic carbocycles. The molecule has 3 aromatic rings. The Labute approximate surface area is 120 Å². The normalized spacial score (nSPS) is 10.4. The average Bonchev–Trinajstić information content (AvgIpc) is 3.16. The maximum Gasteiger partial charge on any atom is 0.209 e. The molecule has 20 heavy (non-hydrogen) atoms. The van der Waals surface area contributed by atoms with Crippen LogP contribution in [0, 0.1) is 0 Å². The van der Waals surface area contributed by atoms with Crippen molar-refractivity contribution in [2.45, 2.75) is 0 Å². The summed E-state index contributed by atoms with van der Waals surface area (Å²) >= 11 is 1.37. The van der Waals surface area contributed by atoms with Crippen molar-refractivity contribution in [3.63, 3.8) is 0 Å². The number of nitrogens with zero attached hydrogens (tertiary/aromatic N) is 2. The number of ketones is 1. The van der Waals surface area contributed by atoms with E-state index in [1.165, 1.54) is 11.3 Å². The van der Waals surface area contributed by atoms with Gasteiger partial charge in [-0.1, -0.05) is 18.2 Å². The fourth-order valence-corrected chi connectivity index (χ4v) is 2.74. The van der Waals surface area contributed by atoms with E-state index < -0.39 is 0 Å². The van der Waals surface area contributed by atoms with E-state index in [2.05, 4.69) is 5.10 Å². The van der Waals surface area contributed by atoms with Crippen LogP contribution in [0.1, 0.15) is 15.2 Å². The molecule has 0 fully saturated rings. The molecule has 0 N–H and O–H groups in total. The summed E-state index contributed by atoms with van der Waals surface area (Å²) in [6, 6.07) is 11.5. The minimum atomic E-state index is -0.0703. The first-order chi connectivity index (χ1) is 9.79. The Morgan fingerprint density at radius 2 is 2.05 bits per heavy atom. The molecule has 0 saturated carbocycles. The largest absolute Gasteiger partial charge is 0.495 e. The number of carbonyl (C=O) groups is 1. The van der Waals surface area contributed by atoms with Gasteiger partial charge in [0.1, 0.15) is 10.6 Å². The minimum Gasteiger partial charge on any atom is -0.495 e. The Kier molecular flexibility index (Phi) is 3.35. The zero-order chi connectivity index (χ0) is 13.9. The molecule has 0 saturated heterocycles. The first-order valence-corrected chi connectivity index (χ1v) is 6.94. The lowest BCUT2D eigenvalue weighted by molar-refractivity contribution is 0.104. The summed E-state index contributed by atoms with van der Waals surface area (Å²) in [6.45, 7) is 0. The van der Waals surface area contributed by atoms with Gasteiger partial charge in [0.15, 0.2) is 0 Å². The molecule has 1 aromatic carbocycles. The average molecular weight is 284 g/mol. The predicted molar refractivity (Wildman–Crippen MR) is 77.9 cm³/mol. The van der Waals surface area contributed by atoms with Crippen LogP contribution < -0.4 is 4.74 Å². The summed E-state index contributed by atoms with van der Waals surface area (Å²) in [7, 11) is 1.56. The third-order valence-electron chi connectivity index (χ3n) is 2.92. The van der Waals surface area contributed by atoms with Gasteiger partial charge >= 0.3 is 0 Å². The number of rotatable bonds is 4. The molecule has 0 amide bonds. The van der Waals surface area contributed by atoms with Crippen LogP contribution in [0.4, 0.5) is 0 Å². The molecule has 0 spiro atoms. The highest BCUT2D eigenvalue weighted by Crippen LogP contribution is 2.27. The van der Waals surface area contributed by atoms with E-state index in [1.807, 2.05) is 35.7 Å². The van der Waals surface area contributed by atoms with Crippen LogP contribution in [0.3, 0.4) is 0 Å². The van der Waals surface area contributed by atoms with E-state index in [4.69, 9.17) is 4.74 Å². The van der Waals surface area contributed by atoms with Gasteiger partial charge in [0.25, 0.3) is 0 Å². The molecular weight excluding hydrogens is 272 g/mol. The first kappa shape index (κ1) is 12.6. The van der Waals surface area contributed by atoms with Gasteiger partial charge in [-0.15, -0.1) is 11.3 Å². The maximum atomic E-state index is 12.4. The maximum absolute atomic E-state index is 12.4. The Bertz CT molecular complexity index is 731. The van der Waals surface area contributed by atoms with Crippen molar-refractivity contribution in [1.82, 2.24) is 9.78 Å². The van der Waals surface area contributed by atoms with Gasteiger partial charge in [-0.2, -0.15) is 5.10 Å². The molecular formula is C15H12N2O2S. The molecule has 3 rings (SSSR count). The fraction of sp³-hybridized carbons (Fsp3) is 0.0667. The van der Waals surface area contributed by atoms with E-state index in [1.54, 1.807) is 30.3 Å². The number of hydrogen-bond donors (Lipinski definition) is 0. The van der Waals surface area contributed by atoms with Gasteiger partial charge in [-0.3, -0.25) is 4.79 Å². The van der Waals surface area contributed by atoms with Crippen molar-refractivity contribution < 1.29 is 9.53 Å². The molecule has 0 bridgehead atoms. The molecule has 5 heteroatoms. The SMILES string of the molecule is COc1ccsc1C(=O)c1cnn(-c2ccccc2)c1. The van der Waals surface area contributed by atoms with Crippen LogP contribution in [-0.4, -0.2) is 22.7 Å². The van der Waals surface area contributed by atoms with Crippen LogP contribution in [-0.2, 0) is 0 Å². The van der Waals surface area contributed by atoms with E-state index in [0.717, 1.165) is 5.69 Å². The molecule has 2 heterocycles. The van der Waals surface area contributed by atoms with Crippen molar-refractivity contribution in [1.29, 1.82) is 0 Å². The molecule has 0 aliphatic heterocycles. The monoisotopic (exact) mass is 284 g/mol. The smallest absolute Gasteiger partial charge is 0.209 e. The molecule has 2 aromatic heterocycles. The molecule has 0 radical (unpaired) electrons. The topological polar surface area (TPSA) is 44.1 Å². The Balaban J connectivity index is 1.93. The number of methoxy groups -OCH3 is 1. The Morgan fingerprint density at radius 1 is 1.25 bits per heavy atom. The van der Waals surface area contributed by atoms with Gasteiger partial charge in [-0.05, 0) is 23.6 Å². The number of hydrogen-bond acceptors (Lipinski definition) is 4. The minimum absolute atomic E-state index is 0.0703. The van der Waals surface area contributed by atoms with E-state index >= 15 is 0 Å². The van der Waals surface area contributed by atoms with Crippen LogP contribution >= 0.6 is 11.3 Å². The molecule has 0 aliphatic rings. The second kappa shape index (κ2) is 5.30. The molecule has 0 atom stereocenters. The number of aromatic nitrogens is 2. The number of ether oxygens (including phenoxy) is 1. The summed E-state index contributed by atoms with van der Waals surface area (Å²) in [4.78, 5) is 13.0. The summed E-state index contributed by atoms with van der Waals surface area (Å²) in [5.41, 5.74) is 1.47. The zero-order valence-corrected chi connectivity index (χ0v) is 11.6. The Hall–Kier alpha value is -2.40. The van der Waals surface area contributed by atoms with Crippen LogP contribution in [0.25, 0.3) is 5.69 Å².